The highest BCUT2D eigenvalue weighted by Gasteiger charge is 2.29. The molecule has 0 fully saturated rings. The molecule has 7 nitrogen and oxygen atoms in total. The molecule has 0 saturated heterocycles. The Balaban J connectivity index is 1.71. The summed E-state index contributed by atoms with van der Waals surface area (Å²) in [4.78, 5) is 35.2. The van der Waals surface area contributed by atoms with Gasteiger partial charge in [-0.1, -0.05) is 48.5 Å². The van der Waals surface area contributed by atoms with Crippen LogP contribution in [0.25, 0.3) is 11.1 Å². The maximum Gasteiger partial charge on any atom is 0.409 e. The third-order valence-corrected chi connectivity index (χ3v) is 4.79. The molecule has 2 aromatic carbocycles. The lowest BCUT2D eigenvalue weighted by molar-refractivity contribution is -0.137. The van der Waals surface area contributed by atoms with Gasteiger partial charge in [0.1, 0.15) is 6.61 Å². The minimum atomic E-state index is -1.06. The predicted molar refractivity (Wildman–Crippen MR) is 101 cm³/mol. The standard InChI is InChI=1S/C21H21NO6/c23-19(24)9-11-22(12-10-20(25)26)21(27)28-13-18-16-7-3-1-5-14(16)15-6-2-4-8-17(15)18/h1-8,18H,9-13H2,(H,23,24)(H,25,26). The van der Waals surface area contributed by atoms with Crippen LogP contribution >= 0.6 is 0 Å². The molecule has 28 heavy (non-hydrogen) atoms. The molecule has 0 unspecified atom stereocenters. The predicted octanol–water partition coefficient (Wildman–Crippen LogP) is 3.19. The summed E-state index contributed by atoms with van der Waals surface area (Å²) in [6.07, 6.45) is -1.25. The third-order valence-electron chi connectivity index (χ3n) is 4.79. The van der Waals surface area contributed by atoms with Gasteiger partial charge in [-0.2, -0.15) is 0 Å². The van der Waals surface area contributed by atoms with E-state index in [1.807, 2.05) is 48.5 Å². The van der Waals surface area contributed by atoms with E-state index >= 15 is 0 Å². The lowest BCUT2D eigenvalue weighted by atomic mass is 9.98. The van der Waals surface area contributed by atoms with E-state index in [0.717, 1.165) is 27.2 Å². The lowest BCUT2D eigenvalue weighted by Gasteiger charge is -2.22. The smallest absolute Gasteiger partial charge is 0.409 e. The fourth-order valence-electron chi connectivity index (χ4n) is 3.44. The number of fused-ring (bicyclic) bond motifs is 3. The number of carboxylic acid groups (broad SMARTS) is 2. The summed E-state index contributed by atoms with van der Waals surface area (Å²) in [6, 6.07) is 15.9. The van der Waals surface area contributed by atoms with Crippen molar-refractivity contribution < 1.29 is 29.3 Å². The number of ether oxygens (including phenoxy) is 1. The SMILES string of the molecule is O=C(O)CCN(CCC(=O)O)C(=O)OCC1c2ccccc2-c2ccccc21. The molecule has 7 heteroatoms. The second-order valence-corrected chi connectivity index (χ2v) is 6.58. The van der Waals surface area contributed by atoms with Crippen molar-refractivity contribution in [1.29, 1.82) is 0 Å². The topological polar surface area (TPSA) is 104 Å². The minimum Gasteiger partial charge on any atom is -0.481 e. The quantitative estimate of drug-likeness (QED) is 0.725. The number of rotatable bonds is 8. The first-order chi connectivity index (χ1) is 13.5. The van der Waals surface area contributed by atoms with Crippen LogP contribution in [0.4, 0.5) is 4.79 Å². The normalized spacial score (nSPS) is 12.1. The van der Waals surface area contributed by atoms with Gasteiger partial charge in [-0.15, -0.1) is 0 Å². The number of carboxylic acids is 2. The largest absolute Gasteiger partial charge is 0.481 e. The molecule has 2 N–H and O–H groups in total. The van der Waals surface area contributed by atoms with Crippen molar-refractivity contribution in [2.45, 2.75) is 18.8 Å². The van der Waals surface area contributed by atoms with Gasteiger partial charge in [0.25, 0.3) is 0 Å². The maximum absolute atomic E-state index is 12.5. The number of nitrogens with zero attached hydrogens (tertiary/aromatic N) is 1. The van der Waals surface area contributed by atoms with Gasteiger partial charge in [-0.25, -0.2) is 4.79 Å². The first kappa shape index (κ1) is 19.4. The molecular formula is C21H21NO6. The molecular weight excluding hydrogens is 362 g/mol. The van der Waals surface area contributed by atoms with E-state index in [0.29, 0.717) is 0 Å². The van der Waals surface area contributed by atoms with E-state index in [4.69, 9.17) is 14.9 Å². The molecule has 1 aliphatic rings. The molecule has 1 amide bonds. The van der Waals surface area contributed by atoms with Gasteiger partial charge in [0.15, 0.2) is 0 Å². The number of carbonyl (C=O) groups is 3. The van der Waals surface area contributed by atoms with Crippen molar-refractivity contribution in [3.05, 3.63) is 59.7 Å². The Bertz CT molecular complexity index is 830. The number of benzene rings is 2. The van der Waals surface area contributed by atoms with Crippen molar-refractivity contribution in [3.63, 3.8) is 0 Å². The van der Waals surface area contributed by atoms with Crippen molar-refractivity contribution in [3.8, 4) is 11.1 Å². The Kier molecular flexibility index (Phi) is 5.93. The Morgan fingerprint density at radius 2 is 1.29 bits per heavy atom. The molecule has 2 aromatic rings. The zero-order chi connectivity index (χ0) is 20.1. The van der Waals surface area contributed by atoms with E-state index < -0.39 is 18.0 Å². The number of carbonyl (C=O) groups excluding carboxylic acids is 1. The van der Waals surface area contributed by atoms with Gasteiger partial charge in [-0.05, 0) is 22.3 Å². The van der Waals surface area contributed by atoms with Crippen LogP contribution < -0.4 is 0 Å². The second kappa shape index (κ2) is 8.56. The second-order valence-electron chi connectivity index (χ2n) is 6.58. The average Bonchev–Trinajstić information content (AvgIpc) is 2.99. The monoisotopic (exact) mass is 383 g/mol. The van der Waals surface area contributed by atoms with Gasteiger partial charge in [0, 0.05) is 19.0 Å². The maximum atomic E-state index is 12.5. The summed E-state index contributed by atoms with van der Waals surface area (Å²) in [6.45, 7) is -0.0952. The zero-order valence-corrected chi connectivity index (χ0v) is 15.2. The van der Waals surface area contributed by atoms with Crippen LogP contribution in [0.3, 0.4) is 0 Å². The van der Waals surface area contributed by atoms with E-state index in [2.05, 4.69) is 0 Å². The molecule has 146 valence electrons. The van der Waals surface area contributed by atoms with Crippen molar-refractivity contribution in [2.75, 3.05) is 19.7 Å². The van der Waals surface area contributed by atoms with E-state index in [-0.39, 0.29) is 38.5 Å². The van der Waals surface area contributed by atoms with Gasteiger partial charge in [0.2, 0.25) is 0 Å². The Morgan fingerprint density at radius 3 is 1.75 bits per heavy atom. The number of aliphatic carboxylic acids is 2. The highest BCUT2D eigenvalue weighted by molar-refractivity contribution is 5.79. The molecule has 1 aliphatic carbocycles. The molecule has 0 atom stereocenters. The molecule has 0 aromatic heterocycles. The molecule has 0 heterocycles. The van der Waals surface area contributed by atoms with Crippen LogP contribution in [-0.2, 0) is 14.3 Å². The van der Waals surface area contributed by atoms with E-state index in [1.54, 1.807) is 0 Å². The van der Waals surface area contributed by atoms with Gasteiger partial charge < -0.3 is 19.8 Å². The Morgan fingerprint density at radius 1 is 0.821 bits per heavy atom. The number of amides is 1. The van der Waals surface area contributed by atoms with Crippen LogP contribution in [0.15, 0.2) is 48.5 Å². The van der Waals surface area contributed by atoms with E-state index in [9.17, 15) is 14.4 Å². The summed E-state index contributed by atoms with van der Waals surface area (Å²) >= 11 is 0. The summed E-state index contributed by atoms with van der Waals surface area (Å²) < 4.78 is 5.47. The molecule has 0 spiro atoms. The Hall–Kier alpha value is -3.35. The van der Waals surface area contributed by atoms with Gasteiger partial charge >= 0.3 is 18.0 Å². The molecule has 0 bridgehead atoms. The molecule has 0 aliphatic heterocycles. The summed E-state index contributed by atoms with van der Waals surface area (Å²) in [7, 11) is 0. The van der Waals surface area contributed by atoms with Crippen LogP contribution in [-0.4, -0.2) is 52.8 Å². The summed E-state index contributed by atoms with van der Waals surface area (Å²) in [5.74, 6) is -2.24. The summed E-state index contributed by atoms with van der Waals surface area (Å²) in [5.41, 5.74) is 4.35. The zero-order valence-electron chi connectivity index (χ0n) is 15.2. The first-order valence-corrected chi connectivity index (χ1v) is 9.01. The summed E-state index contributed by atoms with van der Waals surface area (Å²) in [5, 5.41) is 17.7. The number of hydrogen-bond acceptors (Lipinski definition) is 4. The highest BCUT2D eigenvalue weighted by atomic mass is 16.6. The Labute approximate surface area is 162 Å². The molecule has 0 radical (unpaired) electrons. The van der Waals surface area contributed by atoms with Crippen LogP contribution in [0.1, 0.15) is 29.9 Å². The third kappa shape index (κ3) is 4.31. The fourth-order valence-corrected chi connectivity index (χ4v) is 3.44. The van der Waals surface area contributed by atoms with Crippen molar-refractivity contribution in [2.24, 2.45) is 0 Å². The number of hydrogen-bond donors (Lipinski definition) is 2. The first-order valence-electron chi connectivity index (χ1n) is 9.01. The minimum absolute atomic E-state index is 0.0979. The van der Waals surface area contributed by atoms with E-state index in [1.165, 1.54) is 0 Å². The lowest BCUT2D eigenvalue weighted by Crippen LogP contribution is -2.36. The van der Waals surface area contributed by atoms with Crippen molar-refractivity contribution in [1.82, 2.24) is 4.90 Å². The average molecular weight is 383 g/mol. The molecule has 0 saturated carbocycles. The van der Waals surface area contributed by atoms with Crippen molar-refractivity contribution >= 4 is 18.0 Å². The van der Waals surface area contributed by atoms with Crippen LogP contribution in [0.5, 0.6) is 0 Å². The van der Waals surface area contributed by atoms with Crippen LogP contribution in [0.2, 0.25) is 0 Å². The van der Waals surface area contributed by atoms with Gasteiger partial charge in [-0.3, -0.25) is 9.59 Å². The van der Waals surface area contributed by atoms with Gasteiger partial charge in [0.05, 0.1) is 12.8 Å². The fraction of sp³-hybridized carbons (Fsp3) is 0.286. The van der Waals surface area contributed by atoms with Crippen LogP contribution in [0, 0.1) is 0 Å². The molecule has 3 rings (SSSR count). The highest BCUT2D eigenvalue weighted by Crippen LogP contribution is 2.44.